The minimum absolute atomic E-state index is 0.362. The lowest BCUT2D eigenvalue weighted by Gasteiger charge is -2.15. The summed E-state index contributed by atoms with van der Waals surface area (Å²) in [5, 5.41) is 2.08. The van der Waals surface area contributed by atoms with Crippen LogP contribution in [0.15, 0.2) is 17.7 Å². The number of aryl methyl sites for hydroxylation is 1. The van der Waals surface area contributed by atoms with Crippen molar-refractivity contribution in [3.05, 3.63) is 29.2 Å². The number of thioether (sulfide) groups is 1. The second-order valence-corrected chi connectivity index (χ2v) is 5.83. The summed E-state index contributed by atoms with van der Waals surface area (Å²) in [6.07, 6.45) is 4.76. The van der Waals surface area contributed by atoms with Crippen LogP contribution in [0.2, 0.25) is 0 Å². The lowest BCUT2D eigenvalue weighted by atomic mass is 10.0. The maximum atomic E-state index is 4.41. The van der Waals surface area contributed by atoms with Crippen LogP contribution in [0, 0.1) is 5.41 Å². The van der Waals surface area contributed by atoms with Crippen molar-refractivity contribution in [1.29, 1.82) is 0 Å². The highest BCUT2D eigenvalue weighted by Gasteiger charge is 2.08. The minimum atomic E-state index is 0.362. The molecular formula is C13H20N2S. The highest BCUT2D eigenvalue weighted by Crippen LogP contribution is 2.21. The second-order valence-electron chi connectivity index (χ2n) is 4.93. The van der Waals surface area contributed by atoms with E-state index in [9.17, 15) is 0 Å². The first-order valence-electron chi connectivity index (χ1n) is 5.61. The van der Waals surface area contributed by atoms with Gasteiger partial charge in [0.2, 0.25) is 0 Å². The number of hydrogen-bond donors (Lipinski definition) is 0. The van der Waals surface area contributed by atoms with Crippen LogP contribution in [0.1, 0.15) is 39.2 Å². The molecule has 0 radical (unpaired) electrons. The van der Waals surface area contributed by atoms with Crippen molar-refractivity contribution in [2.24, 2.45) is 5.41 Å². The average Bonchev–Trinajstić information content (AvgIpc) is 2.23. The van der Waals surface area contributed by atoms with Crippen LogP contribution in [0.4, 0.5) is 0 Å². The van der Waals surface area contributed by atoms with Crippen LogP contribution in [0.3, 0.4) is 0 Å². The fraction of sp³-hybridized carbons (Fsp3) is 0.538. The van der Waals surface area contributed by atoms with Crippen molar-refractivity contribution in [3.63, 3.8) is 0 Å². The van der Waals surface area contributed by atoms with Crippen molar-refractivity contribution in [1.82, 2.24) is 9.97 Å². The molecule has 0 bridgehead atoms. The smallest absolute Gasteiger partial charge is 0.152 e. The SMILES string of the molecule is CCc1ccnc(/C=C/SCC(C)(C)C)n1. The Labute approximate surface area is 103 Å². The van der Waals surface area contributed by atoms with Gasteiger partial charge in [-0.05, 0) is 29.4 Å². The normalized spacial score (nSPS) is 12.2. The minimum Gasteiger partial charge on any atom is -0.237 e. The molecule has 2 nitrogen and oxygen atoms in total. The zero-order valence-corrected chi connectivity index (χ0v) is 11.3. The Morgan fingerprint density at radius 1 is 1.38 bits per heavy atom. The summed E-state index contributed by atoms with van der Waals surface area (Å²) in [7, 11) is 0. The molecule has 1 aromatic rings. The summed E-state index contributed by atoms with van der Waals surface area (Å²) in [6.45, 7) is 8.82. The third kappa shape index (κ3) is 5.31. The summed E-state index contributed by atoms with van der Waals surface area (Å²) in [5.41, 5.74) is 1.46. The highest BCUT2D eigenvalue weighted by molar-refractivity contribution is 8.02. The summed E-state index contributed by atoms with van der Waals surface area (Å²) in [4.78, 5) is 8.62. The molecule has 88 valence electrons. The molecule has 0 aromatic carbocycles. The number of nitrogens with zero attached hydrogens (tertiary/aromatic N) is 2. The lowest BCUT2D eigenvalue weighted by Crippen LogP contribution is -2.07. The van der Waals surface area contributed by atoms with Gasteiger partial charge in [0.25, 0.3) is 0 Å². The molecule has 1 heterocycles. The van der Waals surface area contributed by atoms with Crippen molar-refractivity contribution in [2.75, 3.05) is 5.75 Å². The number of hydrogen-bond acceptors (Lipinski definition) is 3. The molecule has 0 spiro atoms. The number of aromatic nitrogens is 2. The standard InChI is InChI=1S/C13H20N2S/c1-5-11-6-8-14-12(15-11)7-9-16-10-13(2,3)4/h6-9H,5,10H2,1-4H3/b9-7+. The molecule has 0 saturated carbocycles. The summed E-state index contributed by atoms with van der Waals surface area (Å²) < 4.78 is 0. The quantitative estimate of drug-likeness (QED) is 0.795. The molecular weight excluding hydrogens is 216 g/mol. The largest absolute Gasteiger partial charge is 0.237 e. The van der Waals surface area contributed by atoms with E-state index in [4.69, 9.17) is 0 Å². The van der Waals surface area contributed by atoms with Crippen molar-refractivity contribution in [3.8, 4) is 0 Å². The molecule has 0 unspecified atom stereocenters. The number of rotatable bonds is 4. The predicted molar refractivity (Wildman–Crippen MR) is 72.4 cm³/mol. The Morgan fingerprint density at radius 2 is 2.12 bits per heavy atom. The molecule has 0 aliphatic carbocycles. The Morgan fingerprint density at radius 3 is 2.75 bits per heavy atom. The Kier molecular flexibility index (Phi) is 5.00. The van der Waals surface area contributed by atoms with Gasteiger partial charge in [-0.2, -0.15) is 0 Å². The van der Waals surface area contributed by atoms with Gasteiger partial charge in [0.05, 0.1) is 0 Å². The maximum absolute atomic E-state index is 4.41. The Bertz CT molecular complexity index is 353. The maximum Gasteiger partial charge on any atom is 0.152 e. The van der Waals surface area contributed by atoms with Crippen molar-refractivity contribution < 1.29 is 0 Å². The van der Waals surface area contributed by atoms with Crippen LogP contribution in [0.25, 0.3) is 6.08 Å². The van der Waals surface area contributed by atoms with E-state index in [-0.39, 0.29) is 0 Å². The second kappa shape index (κ2) is 6.04. The van der Waals surface area contributed by atoms with Gasteiger partial charge in [-0.15, -0.1) is 11.8 Å². The first kappa shape index (κ1) is 13.2. The van der Waals surface area contributed by atoms with E-state index in [1.54, 1.807) is 0 Å². The van der Waals surface area contributed by atoms with Crippen LogP contribution in [-0.4, -0.2) is 15.7 Å². The molecule has 0 saturated heterocycles. The van der Waals surface area contributed by atoms with E-state index < -0.39 is 0 Å². The lowest BCUT2D eigenvalue weighted by molar-refractivity contribution is 0.481. The molecule has 0 atom stereocenters. The van der Waals surface area contributed by atoms with E-state index in [1.165, 1.54) is 0 Å². The van der Waals surface area contributed by atoms with Crippen molar-refractivity contribution in [2.45, 2.75) is 34.1 Å². The molecule has 0 aliphatic heterocycles. The molecule has 0 fully saturated rings. The third-order valence-corrected chi connectivity index (χ3v) is 3.29. The fourth-order valence-corrected chi connectivity index (χ4v) is 1.91. The first-order valence-corrected chi connectivity index (χ1v) is 6.66. The first-order chi connectivity index (χ1) is 7.51. The van der Waals surface area contributed by atoms with Gasteiger partial charge in [-0.3, -0.25) is 0 Å². The fourth-order valence-electron chi connectivity index (χ4n) is 1.10. The van der Waals surface area contributed by atoms with Gasteiger partial charge >= 0.3 is 0 Å². The van der Waals surface area contributed by atoms with Gasteiger partial charge in [0.1, 0.15) is 0 Å². The van der Waals surface area contributed by atoms with Gasteiger partial charge in [-0.25, -0.2) is 9.97 Å². The monoisotopic (exact) mass is 236 g/mol. The van der Waals surface area contributed by atoms with Crippen molar-refractivity contribution >= 4 is 17.8 Å². The molecule has 0 N–H and O–H groups in total. The molecule has 1 rings (SSSR count). The van der Waals surface area contributed by atoms with Gasteiger partial charge in [0, 0.05) is 17.6 Å². The molecule has 0 amide bonds. The zero-order chi connectivity index (χ0) is 12.0. The predicted octanol–water partition coefficient (Wildman–Crippen LogP) is 3.79. The van der Waals surface area contributed by atoms with E-state index in [0.29, 0.717) is 5.41 Å². The Hall–Kier alpha value is -0.830. The van der Waals surface area contributed by atoms with Crippen LogP contribution in [0.5, 0.6) is 0 Å². The average molecular weight is 236 g/mol. The summed E-state index contributed by atoms with van der Waals surface area (Å²) in [6, 6.07) is 1.96. The van der Waals surface area contributed by atoms with Gasteiger partial charge < -0.3 is 0 Å². The Balaban J connectivity index is 2.49. The van der Waals surface area contributed by atoms with E-state index >= 15 is 0 Å². The summed E-state index contributed by atoms with van der Waals surface area (Å²) >= 11 is 1.81. The van der Waals surface area contributed by atoms with E-state index in [2.05, 4.69) is 43.1 Å². The molecule has 3 heteroatoms. The van der Waals surface area contributed by atoms with Crippen LogP contribution in [-0.2, 0) is 6.42 Å². The molecule has 0 aliphatic rings. The van der Waals surface area contributed by atoms with E-state index in [0.717, 1.165) is 23.7 Å². The third-order valence-electron chi connectivity index (χ3n) is 1.92. The van der Waals surface area contributed by atoms with Gasteiger partial charge in [0.15, 0.2) is 5.82 Å². The topological polar surface area (TPSA) is 25.8 Å². The summed E-state index contributed by atoms with van der Waals surface area (Å²) in [5.74, 6) is 1.91. The molecule has 16 heavy (non-hydrogen) atoms. The molecule has 1 aromatic heterocycles. The van der Waals surface area contributed by atoms with Gasteiger partial charge in [-0.1, -0.05) is 27.7 Å². The zero-order valence-electron chi connectivity index (χ0n) is 10.5. The highest BCUT2D eigenvalue weighted by atomic mass is 32.2. The van der Waals surface area contributed by atoms with Crippen LogP contribution < -0.4 is 0 Å². The van der Waals surface area contributed by atoms with E-state index in [1.807, 2.05) is 30.1 Å². The van der Waals surface area contributed by atoms with Crippen LogP contribution >= 0.6 is 11.8 Å².